The van der Waals surface area contributed by atoms with E-state index in [1.807, 2.05) is 26.1 Å². The van der Waals surface area contributed by atoms with Crippen molar-refractivity contribution in [1.29, 1.82) is 0 Å². The molecule has 0 atom stereocenters. The minimum absolute atomic E-state index is 0.111. The Morgan fingerprint density at radius 1 is 1.03 bits per heavy atom. The molecule has 5 rings (SSSR count). The number of hydrogen-bond donors (Lipinski definition) is 0. The molecule has 0 saturated carbocycles. The van der Waals surface area contributed by atoms with Gasteiger partial charge in [0.1, 0.15) is 11.6 Å². The maximum Gasteiger partial charge on any atom is 0.263 e. The molecule has 0 radical (unpaired) electrons. The Morgan fingerprint density at radius 2 is 1.81 bits per heavy atom. The van der Waals surface area contributed by atoms with E-state index in [1.165, 1.54) is 11.3 Å². The predicted molar refractivity (Wildman–Crippen MR) is 125 cm³/mol. The molecule has 1 fully saturated rings. The lowest BCUT2D eigenvalue weighted by molar-refractivity contribution is 0.322. The molecule has 5 nitrogen and oxygen atoms in total. The highest BCUT2D eigenvalue weighted by atomic mass is 35.5. The minimum Gasteiger partial charge on any atom is -0.356 e. The molecule has 1 saturated heterocycles. The summed E-state index contributed by atoms with van der Waals surface area (Å²) in [6.45, 7) is 5.41. The third-order valence-electron chi connectivity index (χ3n) is 6.91. The first kappa shape index (κ1) is 20.5. The zero-order chi connectivity index (χ0) is 21.8. The zero-order valence-electron chi connectivity index (χ0n) is 17.7. The van der Waals surface area contributed by atoms with Gasteiger partial charge in [-0.2, -0.15) is 0 Å². The van der Waals surface area contributed by atoms with E-state index in [2.05, 4.69) is 11.0 Å². The van der Waals surface area contributed by atoms with Crippen LogP contribution in [0.2, 0.25) is 10.0 Å². The van der Waals surface area contributed by atoms with Gasteiger partial charge in [-0.1, -0.05) is 35.3 Å². The first-order valence-electron chi connectivity index (χ1n) is 10.7. The van der Waals surface area contributed by atoms with Crippen LogP contribution in [-0.4, -0.2) is 27.6 Å². The smallest absolute Gasteiger partial charge is 0.263 e. The number of hydrogen-bond acceptors (Lipinski definition) is 4. The van der Waals surface area contributed by atoms with Gasteiger partial charge in [0, 0.05) is 30.4 Å². The molecule has 0 bridgehead atoms. The molecule has 1 spiro atoms. The molecule has 1 aliphatic heterocycles. The number of halogens is 2. The summed E-state index contributed by atoms with van der Waals surface area (Å²) in [4.78, 5) is 25.1. The lowest BCUT2D eigenvalue weighted by atomic mass is 9.76. The van der Waals surface area contributed by atoms with Gasteiger partial charge in [-0.3, -0.25) is 14.3 Å². The Hall–Kier alpha value is -2.37. The molecule has 160 valence electrons. The fourth-order valence-corrected chi connectivity index (χ4v) is 5.58. The Bertz CT molecular complexity index is 1230. The van der Waals surface area contributed by atoms with Crippen LogP contribution in [0.3, 0.4) is 0 Å². The zero-order valence-corrected chi connectivity index (χ0v) is 19.2. The lowest BCUT2D eigenvalue weighted by Gasteiger charge is -2.40. The first-order valence-corrected chi connectivity index (χ1v) is 11.4. The van der Waals surface area contributed by atoms with E-state index in [1.54, 1.807) is 22.8 Å². The molecular weight excluding hydrogens is 431 g/mol. The van der Waals surface area contributed by atoms with E-state index >= 15 is 0 Å². The van der Waals surface area contributed by atoms with Crippen molar-refractivity contribution in [3.05, 3.63) is 79.6 Å². The van der Waals surface area contributed by atoms with Gasteiger partial charge in [0.25, 0.3) is 5.56 Å². The molecule has 1 aromatic carbocycles. The summed E-state index contributed by atoms with van der Waals surface area (Å²) in [5, 5.41) is 0.773. The van der Waals surface area contributed by atoms with Crippen LogP contribution in [0.5, 0.6) is 0 Å². The first-order chi connectivity index (χ1) is 14.9. The van der Waals surface area contributed by atoms with Gasteiger partial charge < -0.3 is 4.90 Å². The second-order valence-electron chi connectivity index (χ2n) is 8.60. The average Bonchev–Trinajstić information content (AvgIpc) is 3.13. The van der Waals surface area contributed by atoms with Crippen molar-refractivity contribution in [2.45, 2.75) is 44.9 Å². The highest BCUT2D eigenvalue weighted by molar-refractivity contribution is 6.43. The van der Waals surface area contributed by atoms with Gasteiger partial charge in [0.05, 0.1) is 21.3 Å². The average molecular weight is 455 g/mol. The van der Waals surface area contributed by atoms with Crippen LogP contribution in [0.1, 0.15) is 41.9 Å². The summed E-state index contributed by atoms with van der Waals surface area (Å²) in [5.74, 6) is 1.37. The van der Waals surface area contributed by atoms with Gasteiger partial charge in [0.2, 0.25) is 0 Å². The van der Waals surface area contributed by atoms with Crippen LogP contribution in [-0.2, 0) is 11.8 Å². The van der Waals surface area contributed by atoms with Crippen molar-refractivity contribution in [3.8, 4) is 5.69 Å². The number of piperidine rings is 1. The molecule has 3 aromatic rings. The SMILES string of the molecule is Cc1c(N2CCC3(CCc4cccnc43)CC2)nc(C)n(-c2cccc(Cl)c2Cl)c1=O. The van der Waals surface area contributed by atoms with E-state index in [0.717, 1.165) is 44.6 Å². The fourth-order valence-electron chi connectivity index (χ4n) is 5.20. The van der Waals surface area contributed by atoms with Gasteiger partial charge in [-0.25, -0.2) is 4.98 Å². The van der Waals surface area contributed by atoms with E-state index in [-0.39, 0.29) is 11.0 Å². The number of aryl methyl sites for hydroxylation is 2. The van der Waals surface area contributed by atoms with Crippen molar-refractivity contribution in [3.63, 3.8) is 0 Å². The molecule has 0 unspecified atom stereocenters. The topological polar surface area (TPSA) is 51.0 Å². The van der Waals surface area contributed by atoms with Gasteiger partial charge in [-0.05, 0) is 63.3 Å². The molecule has 0 amide bonds. The van der Waals surface area contributed by atoms with Crippen molar-refractivity contribution < 1.29 is 0 Å². The number of rotatable bonds is 2. The van der Waals surface area contributed by atoms with Crippen molar-refractivity contribution >= 4 is 29.0 Å². The van der Waals surface area contributed by atoms with Gasteiger partial charge in [-0.15, -0.1) is 0 Å². The number of pyridine rings is 1. The third-order valence-corrected chi connectivity index (χ3v) is 7.72. The van der Waals surface area contributed by atoms with E-state index < -0.39 is 0 Å². The van der Waals surface area contributed by atoms with E-state index in [9.17, 15) is 4.79 Å². The summed E-state index contributed by atoms with van der Waals surface area (Å²) in [6, 6.07) is 9.53. The summed E-state index contributed by atoms with van der Waals surface area (Å²) in [5.41, 5.74) is 3.91. The number of benzene rings is 1. The summed E-state index contributed by atoms with van der Waals surface area (Å²) < 4.78 is 1.55. The number of anilines is 1. The molecule has 0 N–H and O–H groups in total. The van der Waals surface area contributed by atoms with Gasteiger partial charge >= 0.3 is 0 Å². The largest absolute Gasteiger partial charge is 0.356 e. The second-order valence-corrected chi connectivity index (χ2v) is 9.38. The summed E-state index contributed by atoms with van der Waals surface area (Å²) in [6.07, 6.45) is 6.23. The number of aromatic nitrogens is 3. The number of fused-ring (bicyclic) bond motifs is 2. The molecule has 1 aliphatic carbocycles. The lowest BCUT2D eigenvalue weighted by Crippen LogP contribution is -2.43. The van der Waals surface area contributed by atoms with Crippen LogP contribution >= 0.6 is 23.2 Å². The van der Waals surface area contributed by atoms with E-state index in [4.69, 9.17) is 33.2 Å². The quantitative estimate of drug-likeness (QED) is 0.544. The molecule has 31 heavy (non-hydrogen) atoms. The number of nitrogens with zero attached hydrogens (tertiary/aromatic N) is 4. The highest BCUT2D eigenvalue weighted by Gasteiger charge is 2.42. The van der Waals surface area contributed by atoms with Crippen molar-refractivity contribution in [2.24, 2.45) is 0 Å². The monoisotopic (exact) mass is 454 g/mol. The van der Waals surface area contributed by atoms with Crippen LogP contribution < -0.4 is 10.5 Å². The summed E-state index contributed by atoms with van der Waals surface area (Å²) >= 11 is 12.6. The Morgan fingerprint density at radius 3 is 2.58 bits per heavy atom. The Labute approximate surface area is 191 Å². The molecule has 2 aliphatic rings. The standard InChI is InChI=1S/C24H24Cl2N4O/c1-15-22(28-16(2)30(23(15)31)19-7-3-6-18(25)20(19)26)29-13-10-24(11-14-29)9-8-17-5-4-12-27-21(17)24/h3-7,12H,8-11,13-14H2,1-2H3. The molecular formula is C24H24Cl2N4O. The molecule has 3 heterocycles. The third kappa shape index (κ3) is 3.26. The second kappa shape index (κ2) is 7.64. The predicted octanol–water partition coefficient (Wildman–Crippen LogP) is 5.04. The Balaban J connectivity index is 1.47. The molecule has 2 aromatic heterocycles. The van der Waals surface area contributed by atoms with Crippen LogP contribution in [0.25, 0.3) is 5.69 Å². The van der Waals surface area contributed by atoms with Crippen molar-refractivity contribution in [2.75, 3.05) is 18.0 Å². The van der Waals surface area contributed by atoms with Crippen LogP contribution in [0.4, 0.5) is 5.82 Å². The van der Waals surface area contributed by atoms with E-state index in [0.29, 0.717) is 27.1 Å². The van der Waals surface area contributed by atoms with Crippen LogP contribution in [0.15, 0.2) is 41.3 Å². The maximum atomic E-state index is 13.3. The Kier molecular flexibility index (Phi) is 5.06. The highest BCUT2D eigenvalue weighted by Crippen LogP contribution is 2.45. The molecule has 7 heteroatoms. The van der Waals surface area contributed by atoms with Crippen LogP contribution in [0, 0.1) is 13.8 Å². The maximum absolute atomic E-state index is 13.3. The van der Waals surface area contributed by atoms with Crippen molar-refractivity contribution in [1.82, 2.24) is 14.5 Å². The minimum atomic E-state index is -0.111. The fraction of sp³-hybridized carbons (Fsp3) is 0.375. The van der Waals surface area contributed by atoms with Gasteiger partial charge in [0.15, 0.2) is 0 Å². The normalized spacial score (nSPS) is 17.2. The summed E-state index contributed by atoms with van der Waals surface area (Å²) in [7, 11) is 0.